The highest BCUT2D eigenvalue weighted by Crippen LogP contribution is 2.58. The number of ether oxygens (including phenoxy) is 2. The minimum absolute atomic E-state index is 0.0274. The number of hydrogen-bond acceptors (Lipinski definition) is 8. The van der Waals surface area contributed by atoms with Gasteiger partial charge in [0.25, 0.3) is 0 Å². The van der Waals surface area contributed by atoms with Gasteiger partial charge >= 0.3 is 12.2 Å². The van der Waals surface area contributed by atoms with Gasteiger partial charge in [-0.2, -0.15) is 0 Å². The van der Waals surface area contributed by atoms with Gasteiger partial charge in [0.1, 0.15) is 23.7 Å². The quantitative estimate of drug-likeness (QED) is 0.102. The molecule has 0 radical (unpaired) electrons. The fourth-order valence-corrected chi connectivity index (χ4v) is 9.75. The van der Waals surface area contributed by atoms with Crippen molar-refractivity contribution < 1.29 is 28.7 Å². The van der Waals surface area contributed by atoms with E-state index >= 15 is 0 Å². The zero-order valence-electron chi connectivity index (χ0n) is 38.3. The predicted octanol–water partition coefficient (Wildman–Crippen LogP) is 9.32. The fourth-order valence-electron chi connectivity index (χ4n) is 9.75. The van der Waals surface area contributed by atoms with E-state index in [0.717, 1.165) is 101 Å². The SMILES string of the molecule is CC[C@H]1CCC[C@@H](c2ncc(-c3ccc(-c4ccc5cc(-c6cnc([C@@H]7CC8(CC8)CN7C(=O)[C@@H](NC(=O)OC)C(C)C)[nH]6)ccc5c4)cc3)[nH]2)N1C(=O)[C@@H](NC(=O)OC)C(C)(C)C. The molecule has 1 saturated carbocycles. The molecule has 14 heteroatoms. The molecule has 4 N–H and O–H groups in total. The second-order valence-corrected chi connectivity index (χ2v) is 19.5. The number of hydrogen-bond donors (Lipinski definition) is 4. The molecule has 3 aromatic carbocycles. The molecule has 3 aliphatic rings. The lowest BCUT2D eigenvalue weighted by molar-refractivity contribution is -0.144. The van der Waals surface area contributed by atoms with Crippen molar-refractivity contribution in [3.8, 4) is 33.6 Å². The smallest absolute Gasteiger partial charge is 0.407 e. The van der Waals surface area contributed by atoms with Crippen LogP contribution in [0, 0.1) is 16.7 Å². The Kier molecular flexibility index (Phi) is 12.3. The Bertz CT molecular complexity index is 2520. The fraction of sp³-hybridized carbons (Fsp3) is 0.480. The van der Waals surface area contributed by atoms with E-state index in [1.807, 2.05) is 56.8 Å². The normalized spacial score (nSPS) is 20.3. The molecular weight excluding hydrogens is 809 g/mol. The van der Waals surface area contributed by atoms with E-state index in [4.69, 9.17) is 19.4 Å². The summed E-state index contributed by atoms with van der Waals surface area (Å²) in [5, 5.41) is 7.77. The van der Waals surface area contributed by atoms with Crippen LogP contribution in [0.25, 0.3) is 44.4 Å². The summed E-state index contributed by atoms with van der Waals surface area (Å²) in [5.41, 5.74) is 5.51. The Labute approximate surface area is 375 Å². The number of likely N-dealkylation sites (tertiary alicyclic amines) is 2. The van der Waals surface area contributed by atoms with Crippen LogP contribution in [0.1, 0.15) is 110 Å². The average molecular weight is 871 g/mol. The van der Waals surface area contributed by atoms with Crippen molar-refractivity contribution in [2.75, 3.05) is 20.8 Å². The third-order valence-electron chi connectivity index (χ3n) is 13.7. The van der Waals surface area contributed by atoms with Crippen molar-refractivity contribution in [1.29, 1.82) is 0 Å². The van der Waals surface area contributed by atoms with Crippen molar-refractivity contribution in [2.24, 2.45) is 16.7 Å². The number of nitrogens with one attached hydrogen (secondary N) is 4. The number of rotatable bonds is 11. The number of H-pyrrole nitrogens is 2. The lowest BCUT2D eigenvalue weighted by atomic mass is 9.83. The summed E-state index contributed by atoms with van der Waals surface area (Å²) >= 11 is 0. The van der Waals surface area contributed by atoms with Gasteiger partial charge in [-0.05, 0) is 101 Å². The zero-order valence-corrected chi connectivity index (χ0v) is 38.3. The molecule has 5 atom stereocenters. The van der Waals surface area contributed by atoms with Crippen LogP contribution in [0.15, 0.2) is 73.1 Å². The number of carbonyl (C=O) groups is 4. The van der Waals surface area contributed by atoms with Gasteiger partial charge in [0.2, 0.25) is 11.8 Å². The summed E-state index contributed by atoms with van der Waals surface area (Å²) in [5.74, 6) is 1.16. The van der Waals surface area contributed by atoms with E-state index in [0.29, 0.717) is 6.54 Å². The topological polar surface area (TPSA) is 175 Å². The van der Waals surface area contributed by atoms with Crippen molar-refractivity contribution >= 4 is 34.8 Å². The van der Waals surface area contributed by atoms with E-state index in [2.05, 4.69) is 88.2 Å². The Balaban J connectivity index is 0.972. The number of methoxy groups -OCH3 is 2. The van der Waals surface area contributed by atoms with Crippen LogP contribution < -0.4 is 10.6 Å². The second kappa shape index (κ2) is 17.8. The van der Waals surface area contributed by atoms with Crippen LogP contribution in [-0.2, 0) is 19.1 Å². The van der Waals surface area contributed by atoms with Gasteiger partial charge in [-0.25, -0.2) is 19.6 Å². The molecule has 1 aliphatic carbocycles. The number of aromatic nitrogens is 4. The van der Waals surface area contributed by atoms with E-state index in [-0.39, 0.29) is 41.3 Å². The third-order valence-corrected chi connectivity index (χ3v) is 13.7. The van der Waals surface area contributed by atoms with Crippen molar-refractivity contribution in [1.82, 2.24) is 40.4 Å². The molecule has 5 aromatic rings. The molecule has 2 aliphatic heterocycles. The first-order valence-electron chi connectivity index (χ1n) is 22.7. The number of alkyl carbamates (subject to hydrolysis) is 2. The van der Waals surface area contributed by atoms with Crippen LogP contribution in [0.5, 0.6) is 0 Å². The van der Waals surface area contributed by atoms with E-state index in [1.165, 1.54) is 14.2 Å². The number of fused-ring (bicyclic) bond motifs is 1. The molecular formula is C50H62N8O6. The maximum absolute atomic E-state index is 14.3. The number of amides is 4. The zero-order chi connectivity index (χ0) is 45.5. The maximum Gasteiger partial charge on any atom is 0.407 e. The van der Waals surface area contributed by atoms with Gasteiger partial charge in [-0.3, -0.25) is 9.59 Å². The molecule has 3 fully saturated rings. The van der Waals surface area contributed by atoms with Crippen molar-refractivity contribution in [3.05, 3.63) is 84.7 Å². The highest BCUT2D eigenvalue weighted by Gasteiger charge is 2.55. The monoisotopic (exact) mass is 870 g/mol. The average Bonchev–Trinajstić information content (AvgIpc) is 3.62. The number of imidazole rings is 2. The molecule has 64 heavy (non-hydrogen) atoms. The van der Waals surface area contributed by atoms with Crippen molar-refractivity contribution in [3.63, 3.8) is 0 Å². The number of benzene rings is 3. The van der Waals surface area contributed by atoms with E-state index in [9.17, 15) is 19.2 Å². The molecule has 338 valence electrons. The maximum atomic E-state index is 14.3. The highest BCUT2D eigenvalue weighted by molar-refractivity contribution is 5.91. The van der Waals surface area contributed by atoms with Gasteiger partial charge in [-0.15, -0.1) is 0 Å². The molecule has 14 nitrogen and oxygen atoms in total. The van der Waals surface area contributed by atoms with E-state index < -0.39 is 29.7 Å². The highest BCUT2D eigenvalue weighted by atomic mass is 16.5. The number of nitrogens with zero attached hydrogens (tertiary/aromatic N) is 4. The molecule has 2 saturated heterocycles. The van der Waals surface area contributed by atoms with Crippen LogP contribution in [0.3, 0.4) is 0 Å². The van der Waals surface area contributed by atoms with Crippen LogP contribution in [0.2, 0.25) is 0 Å². The Hall–Kier alpha value is -6.18. The second-order valence-electron chi connectivity index (χ2n) is 19.5. The lowest BCUT2D eigenvalue weighted by Crippen LogP contribution is -2.58. The minimum Gasteiger partial charge on any atom is -0.453 e. The Morgan fingerprint density at radius 3 is 1.92 bits per heavy atom. The lowest BCUT2D eigenvalue weighted by Gasteiger charge is -2.44. The first-order valence-corrected chi connectivity index (χ1v) is 22.7. The molecule has 0 unspecified atom stereocenters. The molecule has 0 bridgehead atoms. The molecule has 4 heterocycles. The van der Waals surface area contributed by atoms with Crippen LogP contribution >= 0.6 is 0 Å². The van der Waals surface area contributed by atoms with Crippen LogP contribution in [-0.4, -0.2) is 92.6 Å². The number of piperidine rings is 1. The summed E-state index contributed by atoms with van der Waals surface area (Å²) in [6, 6.07) is 19.4. The van der Waals surface area contributed by atoms with E-state index in [1.54, 1.807) is 0 Å². The molecule has 1 spiro atoms. The van der Waals surface area contributed by atoms with Gasteiger partial charge < -0.3 is 39.9 Å². The van der Waals surface area contributed by atoms with Crippen molar-refractivity contribution in [2.45, 2.75) is 117 Å². The largest absolute Gasteiger partial charge is 0.453 e. The third kappa shape index (κ3) is 8.96. The van der Waals surface area contributed by atoms with Gasteiger partial charge in [-0.1, -0.05) is 90.1 Å². The summed E-state index contributed by atoms with van der Waals surface area (Å²) in [4.78, 5) is 73.3. The summed E-state index contributed by atoms with van der Waals surface area (Å²) < 4.78 is 9.72. The van der Waals surface area contributed by atoms with Crippen LogP contribution in [0.4, 0.5) is 9.59 Å². The molecule has 2 aromatic heterocycles. The standard InChI is InChI=1S/C50H62N8O6/c1-9-36-11-10-12-39(58(36)46(60)42(49(4,5)6)56-48(62)64-8)43-51-26-37(53-43)31-15-13-30(14-16-31)32-17-18-34-24-35(20-19-33(34)23-32)38-27-52-44(54-38)40-25-50(21-22-50)28-57(40)45(59)41(29(2)3)55-47(61)63-7/h13-20,23-24,26-27,29,36,39-42H,9-12,21-22,25,28H2,1-8H3,(H,51,53)(H,52,54)(H,55,61)(H,56,62)/t36-,39-,40-,41-,42+/m0/s1. The molecule has 8 rings (SSSR count). The van der Waals surface area contributed by atoms with Gasteiger partial charge in [0.05, 0.1) is 50.1 Å². The predicted molar refractivity (Wildman–Crippen MR) is 246 cm³/mol. The first-order chi connectivity index (χ1) is 30.6. The minimum atomic E-state index is -0.759. The van der Waals surface area contributed by atoms with Gasteiger partial charge in [0.15, 0.2) is 0 Å². The van der Waals surface area contributed by atoms with Gasteiger partial charge in [0, 0.05) is 18.2 Å². The molecule has 4 amide bonds. The first kappa shape index (κ1) is 44.4. The number of carbonyl (C=O) groups excluding carboxylic acids is 4. The Morgan fingerprint density at radius 2 is 1.33 bits per heavy atom. The number of aromatic amines is 2. The summed E-state index contributed by atoms with van der Waals surface area (Å²) in [6.07, 6.45) is 8.91. The summed E-state index contributed by atoms with van der Waals surface area (Å²) in [6.45, 7) is 12.5. The Morgan fingerprint density at radius 1 is 0.766 bits per heavy atom. The summed E-state index contributed by atoms with van der Waals surface area (Å²) in [7, 11) is 2.62.